The van der Waals surface area contributed by atoms with Crippen molar-refractivity contribution in [1.82, 2.24) is 5.32 Å². The number of morpholine rings is 1. The van der Waals surface area contributed by atoms with Gasteiger partial charge >= 0.3 is 0 Å². The van der Waals surface area contributed by atoms with E-state index in [2.05, 4.69) is 26.1 Å². The van der Waals surface area contributed by atoms with Gasteiger partial charge in [0.2, 0.25) is 0 Å². The third kappa shape index (κ3) is 2.35. The quantitative estimate of drug-likeness (QED) is 0.719. The van der Waals surface area contributed by atoms with Crippen molar-refractivity contribution >= 4 is 0 Å². The van der Waals surface area contributed by atoms with Crippen LogP contribution >= 0.6 is 0 Å². The van der Waals surface area contributed by atoms with E-state index >= 15 is 0 Å². The topological polar surface area (TPSA) is 30.5 Å². The molecule has 3 nitrogen and oxygen atoms in total. The van der Waals surface area contributed by atoms with Crippen molar-refractivity contribution in [3.63, 3.8) is 0 Å². The SMILES string of the molecule is CCC1(C)CC2(CCO1)CNCC(C)O2. The fraction of sp³-hybridized carbons (Fsp3) is 1.00. The minimum absolute atomic E-state index is 0.0109. The Balaban J connectivity index is 2.07. The average Bonchev–Trinajstić information content (AvgIpc) is 2.17. The van der Waals surface area contributed by atoms with Crippen LogP contribution in [0.15, 0.2) is 0 Å². The minimum Gasteiger partial charge on any atom is -0.375 e. The number of nitrogens with one attached hydrogen (secondary N) is 1. The molecule has 2 saturated heterocycles. The summed E-state index contributed by atoms with van der Waals surface area (Å²) < 4.78 is 12.0. The van der Waals surface area contributed by atoms with Crippen LogP contribution in [0, 0.1) is 0 Å². The van der Waals surface area contributed by atoms with Gasteiger partial charge in [-0.1, -0.05) is 6.92 Å². The molecule has 3 heteroatoms. The summed E-state index contributed by atoms with van der Waals surface area (Å²) >= 11 is 0. The maximum absolute atomic E-state index is 6.17. The summed E-state index contributed by atoms with van der Waals surface area (Å²) in [5.41, 5.74) is 0.0394. The lowest BCUT2D eigenvalue weighted by molar-refractivity contribution is -0.202. The zero-order valence-electron chi connectivity index (χ0n) is 10.1. The van der Waals surface area contributed by atoms with Crippen LogP contribution in [0.3, 0.4) is 0 Å². The first-order valence-electron chi connectivity index (χ1n) is 6.10. The molecule has 88 valence electrons. The van der Waals surface area contributed by atoms with Gasteiger partial charge in [0.1, 0.15) is 0 Å². The second kappa shape index (κ2) is 4.04. The predicted molar refractivity (Wildman–Crippen MR) is 60.0 cm³/mol. The second-order valence-electron chi connectivity index (χ2n) is 5.32. The first kappa shape index (κ1) is 11.4. The molecule has 1 spiro atoms. The van der Waals surface area contributed by atoms with Gasteiger partial charge in [-0.3, -0.25) is 0 Å². The molecule has 2 rings (SSSR count). The maximum atomic E-state index is 6.17. The zero-order valence-corrected chi connectivity index (χ0v) is 10.1. The summed E-state index contributed by atoms with van der Waals surface area (Å²) in [5.74, 6) is 0. The van der Waals surface area contributed by atoms with Crippen molar-refractivity contribution < 1.29 is 9.47 Å². The van der Waals surface area contributed by atoms with E-state index in [4.69, 9.17) is 9.47 Å². The number of hydrogen-bond acceptors (Lipinski definition) is 3. The molecule has 0 aromatic heterocycles. The molecule has 0 bridgehead atoms. The van der Waals surface area contributed by atoms with Crippen LogP contribution in [0.1, 0.15) is 40.0 Å². The molecule has 3 atom stereocenters. The molecule has 0 amide bonds. The van der Waals surface area contributed by atoms with E-state index in [1.165, 1.54) is 0 Å². The number of hydrogen-bond donors (Lipinski definition) is 1. The standard InChI is InChI=1S/C12H23NO2/c1-4-11(3)8-12(5-6-14-11)9-13-7-10(2)15-12/h10,13H,4-9H2,1-3H3. The van der Waals surface area contributed by atoms with Gasteiger partial charge in [-0.05, 0) is 20.3 Å². The highest BCUT2D eigenvalue weighted by Crippen LogP contribution is 2.38. The average molecular weight is 213 g/mol. The van der Waals surface area contributed by atoms with Gasteiger partial charge < -0.3 is 14.8 Å². The van der Waals surface area contributed by atoms with Crippen molar-refractivity contribution in [1.29, 1.82) is 0 Å². The Labute approximate surface area is 92.5 Å². The molecule has 0 aromatic carbocycles. The number of ether oxygens (including phenoxy) is 2. The molecule has 1 N–H and O–H groups in total. The first-order valence-corrected chi connectivity index (χ1v) is 6.10. The minimum atomic E-state index is 0.0109. The Kier molecular flexibility index (Phi) is 3.06. The van der Waals surface area contributed by atoms with E-state index in [0.717, 1.165) is 39.0 Å². The van der Waals surface area contributed by atoms with E-state index < -0.39 is 0 Å². The van der Waals surface area contributed by atoms with E-state index in [1.807, 2.05) is 0 Å². The Bertz CT molecular complexity index is 230. The van der Waals surface area contributed by atoms with Crippen molar-refractivity contribution in [2.45, 2.75) is 57.3 Å². The highest BCUT2D eigenvalue weighted by molar-refractivity contribution is 4.97. The molecular formula is C12H23NO2. The third-order valence-corrected chi connectivity index (χ3v) is 3.78. The van der Waals surface area contributed by atoms with E-state index in [9.17, 15) is 0 Å². The Morgan fingerprint density at radius 2 is 2.27 bits per heavy atom. The van der Waals surface area contributed by atoms with Crippen molar-refractivity contribution in [2.24, 2.45) is 0 Å². The van der Waals surface area contributed by atoms with Crippen molar-refractivity contribution in [3.05, 3.63) is 0 Å². The van der Waals surface area contributed by atoms with E-state index in [0.29, 0.717) is 6.10 Å². The fourth-order valence-corrected chi connectivity index (χ4v) is 2.80. The van der Waals surface area contributed by atoms with Crippen molar-refractivity contribution in [2.75, 3.05) is 19.7 Å². The molecular weight excluding hydrogens is 190 g/mol. The Hall–Kier alpha value is -0.120. The third-order valence-electron chi connectivity index (χ3n) is 3.78. The lowest BCUT2D eigenvalue weighted by atomic mass is 9.80. The van der Waals surface area contributed by atoms with E-state index in [1.54, 1.807) is 0 Å². The van der Waals surface area contributed by atoms with Crippen molar-refractivity contribution in [3.8, 4) is 0 Å². The molecule has 2 heterocycles. The summed E-state index contributed by atoms with van der Waals surface area (Å²) in [6, 6.07) is 0. The summed E-state index contributed by atoms with van der Waals surface area (Å²) in [6.45, 7) is 9.34. The lowest BCUT2D eigenvalue weighted by Gasteiger charge is -2.49. The van der Waals surface area contributed by atoms with Crippen LogP contribution < -0.4 is 5.32 Å². The number of rotatable bonds is 1. The van der Waals surface area contributed by atoms with Crippen LogP contribution in [-0.2, 0) is 9.47 Å². The van der Waals surface area contributed by atoms with E-state index in [-0.39, 0.29) is 11.2 Å². The Morgan fingerprint density at radius 1 is 1.47 bits per heavy atom. The molecule has 2 aliphatic rings. The largest absolute Gasteiger partial charge is 0.375 e. The molecule has 3 unspecified atom stereocenters. The second-order valence-corrected chi connectivity index (χ2v) is 5.32. The smallest absolute Gasteiger partial charge is 0.0859 e. The monoisotopic (exact) mass is 213 g/mol. The highest BCUT2D eigenvalue weighted by atomic mass is 16.5. The highest BCUT2D eigenvalue weighted by Gasteiger charge is 2.45. The maximum Gasteiger partial charge on any atom is 0.0859 e. The van der Waals surface area contributed by atoms with Gasteiger partial charge in [0, 0.05) is 25.9 Å². The summed E-state index contributed by atoms with van der Waals surface area (Å²) in [4.78, 5) is 0. The van der Waals surface area contributed by atoms with Gasteiger partial charge in [-0.2, -0.15) is 0 Å². The van der Waals surface area contributed by atoms with Crippen LogP contribution in [0.4, 0.5) is 0 Å². The van der Waals surface area contributed by atoms with Gasteiger partial charge in [0.25, 0.3) is 0 Å². The molecule has 2 fully saturated rings. The molecule has 2 aliphatic heterocycles. The lowest BCUT2D eigenvalue weighted by Crippen LogP contribution is -2.59. The summed E-state index contributed by atoms with van der Waals surface area (Å²) in [5, 5.41) is 3.48. The summed E-state index contributed by atoms with van der Waals surface area (Å²) in [7, 11) is 0. The normalized spacial score (nSPS) is 47.0. The molecule has 0 aliphatic carbocycles. The van der Waals surface area contributed by atoms with Gasteiger partial charge in [0.15, 0.2) is 0 Å². The molecule has 0 radical (unpaired) electrons. The Morgan fingerprint density at radius 3 is 2.93 bits per heavy atom. The molecule has 0 aromatic rings. The molecule has 15 heavy (non-hydrogen) atoms. The van der Waals surface area contributed by atoms with Gasteiger partial charge in [-0.15, -0.1) is 0 Å². The molecule has 0 saturated carbocycles. The van der Waals surface area contributed by atoms with Gasteiger partial charge in [-0.25, -0.2) is 0 Å². The zero-order chi connectivity index (χ0) is 10.9. The summed E-state index contributed by atoms with van der Waals surface area (Å²) in [6.07, 6.45) is 3.44. The first-order chi connectivity index (χ1) is 7.08. The van der Waals surface area contributed by atoms with Crippen LogP contribution in [-0.4, -0.2) is 37.0 Å². The van der Waals surface area contributed by atoms with Crippen LogP contribution in [0.2, 0.25) is 0 Å². The van der Waals surface area contributed by atoms with Crippen LogP contribution in [0.5, 0.6) is 0 Å². The predicted octanol–water partition coefficient (Wildman–Crippen LogP) is 1.71. The van der Waals surface area contributed by atoms with Crippen LogP contribution in [0.25, 0.3) is 0 Å². The van der Waals surface area contributed by atoms with Gasteiger partial charge in [0.05, 0.1) is 23.9 Å². The fourth-order valence-electron chi connectivity index (χ4n) is 2.80.